The van der Waals surface area contributed by atoms with Crippen LogP contribution in [0.2, 0.25) is 0 Å². The van der Waals surface area contributed by atoms with Crippen molar-refractivity contribution in [1.82, 2.24) is 15.5 Å². The van der Waals surface area contributed by atoms with Gasteiger partial charge in [-0.3, -0.25) is 4.99 Å². The molecule has 0 spiro atoms. The van der Waals surface area contributed by atoms with Crippen LogP contribution in [0.15, 0.2) is 23.2 Å². The van der Waals surface area contributed by atoms with Crippen LogP contribution < -0.4 is 15.4 Å². The zero-order valence-corrected chi connectivity index (χ0v) is 17.7. The molecular weight excluding hydrogens is 419 g/mol. The van der Waals surface area contributed by atoms with Gasteiger partial charge in [0.1, 0.15) is 5.75 Å². The molecule has 0 bridgehead atoms. The van der Waals surface area contributed by atoms with E-state index in [1.165, 1.54) is 5.56 Å². The Kier molecular flexibility index (Phi) is 12.7. The lowest BCUT2D eigenvalue weighted by atomic mass is 10.1. The molecule has 6 nitrogen and oxygen atoms in total. The minimum Gasteiger partial charge on any atom is -0.496 e. The number of benzene rings is 1. The first-order valence-corrected chi connectivity index (χ1v) is 7.86. The molecule has 0 aromatic heterocycles. The molecule has 0 saturated carbocycles. The van der Waals surface area contributed by atoms with Crippen molar-refractivity contribution in [1.29, 1.82) is 0 Å². The molecule has 1 aromatic carbocycles. The van der Waals surface area contributed by atoms with Gasteiger partial charge >= 0.3 is 0 Å². The highest BCUT2D eigenvalue weighted by Gasteiger charge is 2.05. The number of ether oxygens (including phenoxy) is 2. The highest BCUT2D eigenvalue weighted by atomic mass is 127. The molecule has 2 N–H and O–H groups in total. The zero-order chi connectivity index (χ0) is 17.1. The van der Waals surface area contributed by atoms with E-state index < -0.39 is 0 Å². The first-order valence-electron chi connectivity index (χ1n) is 7.86. The van der Waals surface area contributed by atoms with Crippen LogP contribution in [0.25, 0.3) is 0 Å². The molecule has 0 aliphatic rings. The van der Waals surface area contributed by atoms with Gasteiger partial charge in [-0.2, -0.15) is 0 Å². The number of methoxy groups -OCH3 is 2. The van der Waals surface area contributed by atoms with Crippen molar-refractivity contribution in [2.24, 2.45) is 4.99 Å². The fourth-order valence-electron chi connectivity index (χ4n) is 2.12. The topological polar surface area (TPSA) is 58.1 Å². The number of rotatable bonds is 9. The molecule has 0 fully saturated rings. The highest BCUT2D eigenvalue weighted by Crippen LogP contribution is 2.19. The fraction of sp³-hybridized carbons (Fsp3) is 0.588. The van der Waals surface area contributed by atoms with Gasteiger partial charge in [0, 0.05) is 45.9 Å². The monoisotopic (exact) mass is 450 g/mol. The van der Waals surface area contributed by atoms with Gasteiger partial charge in [-0.05, 0) is 25.6 Å². The van der Waals surface area contributed by atoms with Gasteiger partial charge in [0.2, 0.25) is 0 Å². The van der Waals surface area contributed by atoms with Crippen LogP contribution in [0.3, 0.4) is 0 Å². The molecule has 0 aliphatic heterocycles. The quantitative estimate of drug-likeness (QED) is 0.342. The van der Waals surface area contributed by atoms with E-state index in [2.05, 4.69) is 46.6 Å². The molecule has 0 amide bonds. The average molecular weight is 450 g/mol. The lowest BCUT2D eigenvalue weighted by Crippen LogP contribution is -2.41. The van der Waals surface area contributed by atoms with Crippen LogP contribution in [0, 0.1) is 6.92 Å². The number of hydrogen-bond acceptors (Lipinski definition) is 4. The third-order valence-electron chi connectivity index (χ3n) is 3.58. The Morgan fingerprint density at radius 3 is 2.58 bits per heavy atom. The second kappa shape index (κ2) is 13.3. The maximum atomic E-state index is 5.42. The largest absolute Gasteiger partial charge is 0.496 e. The number of aliphatic imine (C=N–C) groups is 1. The molecule has 1 aromatic rings. The number of nitrogens with zero attached hydrogens (tertiary/aromatic N) is 2. The lowest BCUT2D eigenvalue weighted by molar-refractivity contribution is 0.162. The summed E-state index contributed by atoms with van der Waals surface area (Å²) in [6.07, 6.45) is 0. The minimum absolute atomic E-state index is 0. The third-order valence-corrected chi connectivity index (χ3v) is 3.58. The van der Waals surface area contributed by atoms with Gasteiger partial charge in [-0.1, -0.05) is 12.1 Å². The first-order chi connectivity index (χ1) is 11.1. The molecule has 24 heavy (non-hydrogen) atoms. The minimum atomic E-state index is 0. The summed E-state index contributed by atoms with van der Waals surface area (Å²) in [7, 11) is 7.27. The highest BCUT2D eigenvalue weighted by molar-refractivity contribution is 14.0. The molecule has 0 aliphatic carbocycles. The summed E-state index contributed by atoms with van der Waals surface area (Å²) in [5.74, 6) is 1.68. The van der Waals surface area contributed by atoms with E-state index in [1.807, 2.05) is 6.07 Å². The molecule has 0 heterocycles. The normalized spacial score (nSPS) is 11.2. The van der Waals surface area contributed by atoms with Crippen molar-refractivity contribution in [2.75, 3.05) is 54.6 Å². The Morgan fingerprint density at radius 2 is 1.96 bits per heavy atom. The third kappa shape index (κ3) is 8.70. The van der Waals surface area contributed by atoms with Crippen molar-refractivity contribution in [3.8, 4) is 5.75 Å². The number of nitrogens with one attached hydrogen (secondary N) is 2. The summed E-state index contributed by atoms with van der Waals surface area (Å²) in [5, 5.41) is 6.62. The van der Waals surface area contributed by atoms with E-state index in [0.29, 0.717) is 6.54 Å². The fourth-order valence-corrected chi connectivity index (χ4v) is 2.12. The predicted molar refractivity (Wildman–Crippen MR) is 111 cm³/mol. The van der Waals surface area contributed by atoms with Crippen LogP contribution in [0.1, 0.15) is 11.1 Å². The van der Waals surface area contributed by atoms with Crippen molar-refractivity contribution < 1.29 is 9.47 Å². The van der Waals surface area contributed by atoms with Gasteiger partial charge in [-0.25, -0.2) is 0 Å². The number of halogens is 1. The maximum absolute atomic E-state index is 5.42. The summed E-state index contributed by atoms with van der Waals surface area (Å²) in [6.45, 7) is 6.15. The SMILES string of the molecule is CN=C(NCCN(C)CCOC)NCc1ccc(C)cc1OC.I. The lowest BCUT2D eigenvalue weighted by Gasteiger charge is -2.18. The molecule has 138 valence electrons. The Labute approximate surface area is 163 Å². The van der Waals surface area contributed by atoms with Gasteiger partial charge in [-0.15, -0.1) is 24.0 Å². The second-order valence-electron chi connectivity index (χ2n) is 5.46. The summed E-state index contributed by atoms with van der Waals surface area (Å²) < 4.78 is 10.5. The van der Waals surface area contributed by atoms with E-state index in [9.17, 15) is 0 Å². The van der Waals surface area contributed by atoms with Crippen LogP contribution >= 0.6 is 24.0 Å². The van der Waals surface area contributed by atoms with E-state index >= 15 is 0 Å². The molecule has 1 rings (SSSR count). The van der Waals surface area contributed by atoms with Gasteiger partial charge in [0.25, 0.3) is 0 Å². The van der Waals surface area contributed by atoms with Crippen LogP contribution in [0.5, 0.6) is 5.75 Å². The van der Waals surface area contributed by atoms with E-state index in [0.717, 1.165) is 43.5 Å². The van der Waals surface area contributed by atoms with E-state index in [-0.39, 0.29) is 24.0 Å². The summed E-state index contributed by atoms with van der Waals surface area (Å²) in [6, 6.07) is 6.20. The van der Waals surface area contributed by atoms with E-state index in [4.69, 9.17) is 9.47 Å². The molecule has 0 unspecified atom stereocenters. The molecule has 0 atom stereocenters. The summed E-state index contributed by atoms with van der Waals surface area (Å²) in [4.78, 5) is 6.46. The van der Waals surface area contributed by atoms with E-state index in [1.54, 1.807) is 21.3 Å². The number of likely N-dealkylation sites (N-methyl/N-ethyl adjacent to an activating group) is 1. The Morgan fingerprint density at radius 1 is 1.21 bits per heavy atom. The van der Waals surface area contributed by atoms with Gasteiger partial charge in [0.05, 0.1) is 13.7 Å². The van der Waals surface area contributed by atoms with Crippen molar-refractivity contribution in [3.05, 3.63) is 29.3 Å². The number of aryl methyl sites for hydroxylation is 1. The molecule has 0 saturated heterocycles. The Bertz CT molecular complexity index is 497. The molecule has 7 heteroatoms. The standard InChI is InChI=1S/C17H30N4O2.HI/c1-14-6-7-15(16(12-14)23-5)13-20-17(18-2)19-8-9-21(3)10-11-22-4;/h6-7,12H,8-11,13H2,1-5H3,(H2,18,19,20);1H. The van der Waals surface area contributed by atoms with Crippen LogP contribution in [-0.2, 0) is 11.3 Å². The number of hydrogen-bond donors (Lipinski definition) is 2. The zero-order valence-electron chi connectivity index (χ0n) is 15.4. The van der Waals surface area contributed by atoms with Crippen molar-refractivity contribution in [3.63, 3.8) is 0 Å². The average Bonchev–Trinajstić information content (AvgIpc) is 2.56. The van der Waals surface area contributed by atoms with Crippen LogP contribution in [-0.4, -0.2) is 65.4 Å². The van der Waals surface area contributed by atoms with Crippen molar-refractivity contribution >= 4 is 29.9 Å². The smallest absolute Gasteiger partial charge is 0.191 e. The molecule has 0 radical (unpaired) electrons. The Balaban J connectivity index is 0.00000529. The first kappa shape index (κ1) is 22.9. The maximum Gasteiger partial charge on any atom is 0.191 e. The van der Waals surface area contributed by atoms with Crippen LogP contribution in [0.4, 0.5) is 0 Å². The number of guanidine groups is 1. The predicted octanol–water partition coefficient (Wildman–Crippen LogP) is 1.86. The van der Waals surface area contributed by atoms with Gasteiger partial charge < -0.3 is 25.0 Å². The van der Waals surface area contributed by atoms with Gasteiger partial charge in [0.15, 0.2) is 5.96 Å². The second-order valence-corrected chi connectivity index (χ2v) is 5.46. The summed E-state index contributed by atoms with van der Waals surface area (Å²) >= 11 is 0. The summed E-state index contributed by atoms with van der Waals surface area (Å²) in [5.41, 5.74) is 2.30. The molecular formula is C17H31IN4O2. The Hall–Kier alpha value is -1.06. The van der Waals surface area contributed by atoms with Crippen molar-refractivity contribution in [2.45, 2.75) is 13.5 Å².